The molecule has 0 aromatic heterocycles. The number of hydrogen-bond donors (Lipinski definition) is 0. The number of carbonyl (C=O) groups is 1. The van der Waals surface area contributed by atoms with Crippen molar-refractivity contribution in [2.45, 2.75) is 39.3 Å². The monoisotopic (exact) mass is 373 g/mol. The Morgan fingerprint density at radius 3 is 2.31 bits per heavy atom. The Balaban J connectivity index is 0.00000243. The van der Waals surface area contributed by atoms with Gasteiger partial charge in [-0.05, 0) is 29.7 Å². The average Bonchev–Trinajstić information content (AvgIpc) is 2.63. The van der Waals surface area contributed by atoms with E-state index in [-0.39, 0.29) is 23.9 Å². The zero-order valence-electron chi connectivity index (χ0n) is 15.8. The molecular formula is C22H28ClNO2. The van der Waals surface area contributed by atoms with Gasteiger partial charge in [0.25, 0.3) is 0 Å². The summed E-state index contributed by atoms with van der Waals surface area (Å²) in [5.41, 5.74) is 2.20. The Morgan fingerprint density at radius 1 is 1.04 bits per heavy atom. The fraction of sp³-hybridized carbons (Fsp3) is 0.409. The van der Waals surface area contributed by atoms with Crippen LogP contribution < -0.4 is 4.74 Å². The molecule has 1 atom stereocenters. The lowest BCUT2D eigenvalue weighted by Crippen LogP contribution is -2.55. The third kappa shape index (κ3) is 4.46. The first-order valence-corrected chi connectivity index (χ1v) is 8.95. The number of likely N-dealkylation sites (tertiary alicyclic amines) is 1. The number of hydrogen-bond acceptors (Lipinski definition) is 3. The van der Waals surface area contributed by atoms with Crippen molar-refractivity contribution in [3.63, 3.8) is 0 Å². The van der Waals surface area contributed by atoms with Gasteiger partial charge in [0, 0.05) is 31.0 Å². The van der Waals surface area contributed by atoms with E-state index in [0.29, 0.717) is 12.2 Å². The standard InChI is InChI=1S/C22H27NO2.ClH/c1-22(2)20(15-17-9-11-19(25-3)12-10-17)23(14-13-21(22)24)16-18-7-5-4-6-8-18;/h4-12,20H,13-16H2,1-3H3;1H. The van der Waals surface area contributed by atoms with Crippen LogP contribution in [0.15, 0.2) is 54.6 Å². The summed E-state index contributed by atoms with van der Waals surface area (Å²) in [5.74, 6) is 1.24. The Bertz CT molecular complexity index is 713. The highest BCUT2D eigenvalue weighted by atomic mass is 35.5. The number of ether oxygens (including phenoxy) is 1. The molecule has 0 spiro atoms. The van der Waals surface area contributed by atoms with Gasteiger partial charge in [0.1, 0.15) is 11.5 Å². The lowest BCUT2D eigenvalue weighted by atomic mass is 9.73. The van der Waals surface area contributed by atoms with Crippen LogP contribution in [-0.2, 0) is 17.8 Å². The molecule has 26 heavy (non-hydrogen) atoms. The second-order valence-corrected chi connectivity index (χ2v) is 7.42. The summed E-state index contributed by atoms with van der Waals surface area (Å²) in [6.45, 7) is 5.91. The van der Waals surface area contributed by atoms with E-state index in [1.807, 2.05) is 18.2 Å². The molecule has 1 unspecified atom stereocenters. The number of nitrogens with zero attached hydrogens (tertiary/aromatic N) is 1. The quantitative estimate of drug-likeness (QED) is 0.771. The smallest absolute Gasteiger partial charge is 0.141 e. The average molecular weight is 374 g/mol. The van der Waals surface area contributed by atoms with E-state index in [1.165, 1.54) is 11.1 Å². The molecule has 0 radical (unpaired) electrons. The summed E-state index contributed by atoms with van der Waals surface area (Å²) in [5, 5.41) is 0. The van der Waals surface area contributed by atoms with E-state index in [1.54, 1.807) is 7.11 Å². The predicted molar refractivity (Wildman–Crippen MR) is 108 cm³/mol. The molecule has 1 aliphatic heterocycles. The molecule has 0 aliphatic carbocycles. The van der Waals surface area contributed by atoms with Crippen LogP contribution in [0, 0.1) is 5.41 Å². The first kappa shape index (κ1) is 20.5. The number of ketones is 1. The largest absolute Gasteiger partial charge is 0.497 e. The second kappa shape index (κ2) is 8.70. The molecule has 1 aliphatic rings. The summed E-state index contributed by atoms with van der Waals surface area (Å²) < 4.78 is 5.25. The Labute approximate surface area is 162 Å². The van der Waals surface area contributed by atoms with Crippen molar-refractivity contribution in [1.29, 1.82) is 0 Å². The minimum atomic E-state index is -0.340. The van der Waals surface area contributed by atoms with Crippen molar-refractivity contribution in [1.82, 2.24) is 4.90 Å². The SMILES string of the molecule is COc1ccc(CC2N(Cc3ccccc3)CCC(=O)C2(C)C)cc1.Cl. The summed E-state index contributed by atoms with van der Waals surface area (Å²) in [6.07, 6.45) is 1.51. The van der Waals surface area contributed by atoms with Crippen molar-refractivity contribution in [2.75, 3.05) is 13.7 Å². The molecule has 1 saturated heterocycles. The van der Waals surface area contributed by atoms with Gasteiger partial charge in [-0.1, -0.05) is 56.3 Å². The number of halogens is 1. The van der Waals surface area contributed by atoms with Crippen LogP contribution in [0.4, 0.5) is 0 Å². The zero-order valence-corrected chi connectivity index (χ0v) is 16.6. The van der Waals surface area contributed by atoms with Gasteiger partial charge >= 0.3 is 0 Å². The van der Waals surface area contributed by atoms with Crippen molar-refractivity contribution in [3.05, 3.63) is 65.7 Å². The van der Waals surface area contributed by atoms with Crippen molar-refractivity contribution in [2.24, 2.45) is 5.41 Å². The second-order valence-electron chi connectivity index (χ2n) is 7.42. The topological polar surface area (TPSA) is 29.5 Å². The van der Waals surface area contributed by atoms with Gasteiger partial charge in [-0.3, -0.25) is 9.69 Å². The molecule has 3 nitrogen and oxygen atoms in total. The predicted octanol–water partition coefficient (Wildman–Crippen LogP) is 4.53. The first-order chi connectivity index (χ1) is 12.0. The third-order valence-corrected chi connectivity index (χ3v) is 5.44. The summed E-state index contributed by atoms with van der Waals surface area (Å²) in [6, 6.07) is 18.9. The normalized spacial score (nSPS) is 19.7. The van der Waals surface area contributed by atoms with E-state index in [0.717, 1.165) is 25.3 Å². The van der Waals surface area contributed by atoms with Crippen LogP contribution >= 0.6 is 12.4 Å². The molecular weight excluding hydrogens is 346 g/mol. The lowest BCUT2D eigenvalue weighted by Gasteiger charge is -2.45. The summed E-state index contributed by atoms with van der Waals surface area (Å²) >= 11 is 0. The minimum absolute atomic E-state index is 0. The van der Waals surface area contributed by atoms with E-state index in [4.69, 9.17) is 4.74 Å². The van der Waals surface area contributed by atoms with Gasteiger partial charge in [0.15, 0.2) is 0 Å². The highest BCUT2D eigenvalue weighted by Crippen LogP contribution is 2.35. The highest BCUT2D eigenvalue weighted by molar-refractivity contribution is 5.86. The fourth-order valence-corrected chi connectivity index (χ4v) is 3.74. The van der Waals surface area contributed by atoms with Crippen molar-refractivity contribution < 1.29 is 9.53 Å². The number of rotatable bonds is 5. The molecule has 0 saturated carbocycles. The van der Waals surface area contributed by atoms with Crippen LogP contribution in [0.5, 0.6) is 5.75 Å². The summed E-state index contributed by atoms with van der Waals surface area (Å²) in [4.78, 5) is 15.0. The third-order valence-electron chi connectivity index (χ3n) is 5.44. The molecule has 3 rings (SSSR count). The van der Waals surface area contributed by atoms with Crippen LogP contribution in [0.3, 0.4) is 0 Å². The molecule has 1 fully saturated rings. The zero-order chi connectivity index (χ0) is 17.9. The van der Waals surface area contributed by atoms with E-state index in [2.05, 4.69) is 55.1 Å². The van der Waals surface area contributed by atoms with E-state index < -0.39 is 0 Å². The van der Waals surface area contributed by atoms with Crippen LogP contribution in [0.1, 0.15) is 31.4 Å². The highest BCUT2D eigenvalue weighted by Gasteiger charge is 2.43. The Hall–Kier alpha value is -1.84. The number of carbonyl (C=O) groups excluding carboxylic acids is 1. The summed E-state index contributed by atoms with van der Waals surface area (Å²) in [7, 11) is 1.68. The maximum absolute atomic E-state index is 12.6. The number of benzene rings is 2. The van der Waals surface area contributed by atoms with E-state index in [9.17, 15) is 4.79 Å². The van der Waals surface area contributed by atoms with Crippen LogP contribution in [-0.4, -0.2) is 30.4 Å². The molecule has 0 bridgehead atoms. The van der Waals surface area contributed by atoms with Crippen LogP contribution in [0.2, 0.25) is 0 Å². The minimum Gasteiger partial charge on any atom is -0.497 e. The Morgan fingerprint density at radius 2 is 1.69 bits per heavy atom. The first-order valence-electron chi connectivity index (χ1n) is 8.95. The van der Waals surface area contributed by atoms with Gasteiger partial charge < -0.3 is 4.74 Å². The van der Waals surface area contributed by atoms with Gasteiger partial charge in [0.2, 0.25) is 0 Å². The molecule has 0 amide bonds. The number of methoxy groups -OCH3 is 1. The lowest BCUT2D eigenvalue weighted by molar-refractivity contribution is -0.136. The maximum Gasteiger partial charge on any atom is 0.141 e. The molecule has 4 heteroatoms. The van der Waals surface area contributed by atoms with Crippen LogP contribution in [0.25, 0.3) is 0 Å². The number of piperidine rings is 1. The molecule has 0 N–H and O–H groups in total. The molecule has 2 aromatic rings. The number of Topliss-reactive ketones (excluding diaryl/α,β-unsaturated/α-hetero) is 1. The molecule has 1 heterocycles. The molecule has 140 valence electrons. The van der Waals surface area contributed by atoms with Gasteiger partial charge in [-0.25, -0.2) is 0 Å². The van der Waals surface area contributed by atoms with Gasteiger partial charge in [-0.15, -0.1) is 12.4 Å². The van der Waals surface area contributed by atoms with Crippen molar-refractivity contribution >= 4 is 18.2 Å². The van der Waals surface area contributed by atoms with E-state index >= 15 is 0 Å². The van der Waals surface area contributed by atoms with Crippen molar-refractivity contribution in [3.8, 4) is 5.75 Å². The Kier molecular flexibility index (Phi) is 6.85. The maximum atomic E-state index is 12.6. The molecule has 2 aromatic carbocycles. The fourth-order valence-electron chi connectivity index (χ4n) is 3.74. The van der Waals surface area contributed by atoms with Gasteiger partial charge in [-0.2, -0.15) is 0 Å². The van der Waals surface area contributed by atoms with Gasteiger partial charge in [0.05, 0.1) is 7.11 Å².